The Labute approximate surface area is 127 Å². The molecule has 7 heteroatoms. The number of nitrogens with one attached hydrogen (secondary N) is 1. The Morgan fingerprint density at radius 2 is 2.14 bits per heavy atom. The highest BCUT2D eigenvalue weighted by Crippen LogP contribution is 2.39. The normalized spacial score (nSPS) is 25.1. The maximum absolute atomic E-state index is 12.8. The summed E-state index contributed by atoms with van der Waals surface area (Å²) in [4.78, 5) is 25.7. The molecule has 1 saturated heterocycles. The average Bonchev–Trinajstić information content (AvgIpc) is 3.06. The molecule has 1 fully saturated rings. The number of nitrogens with zero attached hydrogens (tertiary/aromatic N) is 1. The van der Waals surface area contributed by atoms with Gasteiger partial charge in [0.05, 0.1) is 23.8 Å². The third-order valence-corrected chi connectivity index (χ3v) is 4.24. The van der Waals surface area contributed by atoms with E-state index in [1.165, 1.54) is 6.92 Å². The molecular formula is C15H16N2O5. The fourth-order valence-corrected chi connectivity index (χ4v) is 3.28. The van der Waals surface area contributed by atoms with E-state index in [9.17, 15) is 9.59 Å². The van der Waals surface area contributed by atoms with Crippen molar-refractivity contribution in [3.05, 3.63) is 17.7 Å². The van der Waals surface area contributed by atoms with E-state index in [1.54, 1.807) is 17.0 Å². The van der Waals surface area contributed by atoms with E-state index in [4.69, 9.17) is 14.2 Å². The Morgan fingerprint density at radius 1 is 1.36 bits per heavy atom. The molecule has 22 heavy (non-hydrogen) atoms. The summed E-state index contributed by atoms with van der Waals surface area (Å²) in [5.41, 5.74) is 1.32. The van der Waals surface area contributed by atoms with Crippen LogP contribution in [0.1, 0.15) is 23.7 Å². The smallest absolute Gasteiger partial charge is 0.302 e. The summed E-state index contributed by atoms with van der Waals surface area (Å²) in [6.07, 6.45) is 0.419. The van der Waals surface area contributed by atoms with Crippen molar-refractivity contribution in [3.63, 3.8) is 0 Å². The van der Waals surface area contributed by atoms with E-state index >= 15 is 0 Å². The number of esters is 1. The number of rotatable bonds is 1. The number of ether oxygens (including phenoxy) is 3. The molecule has 0 bridgehead atoms. The Morgan fingerprint density at radius 3 is 2.91 bits per heavy atom. The number of benzene rings is 1. The van der Waals surface area contributed by atoms with Crippen LogP contribution in [0.2, 0.25) is 0 Å². The van der Waals surface area contributed by atoms with E-state index in [0.717, 1.165) is 5.69 Å². The second-order valence-corrected chi connectivity index (χ2v) is 5.71. The molecule has 3 aliphatic heterocycles. The van der Waals surface area contributed by atoms with Gasteiger partial charge in [-0.25, -0.2) is 0 Å². The number of anilines is 1. The fraction of sp³-hybridized carbons (Fsp3) is 0.467. The Bertz CT molecular complexity index is 660. The van der Waals surface area contributed by atoms with Crippen molar-refractivity contribution in [1.82, 2.24) is 4.90 Å². The number of fused-ring (bicyclic) bond motifs is 3. The number of amides is 1. The van der Waals surface area contributed by atoms with Gasteiger partial charge >= 0.3 is 5.97 Å². The number of hydrogen-bond donors (Lipinski definition) is 1. The van der Waals surface area contributed by atoms with Gasteiger partial charge < -0.3 is 24.4 Å². The van der Waals surface area contributed by atoms with Crippen molar-refractivity contribution >= 4 is 17.6 Å². The highest BCUT2D eigenvalue weighted by Gasteiger charge is 2.40. The lowest BCUT2D eigenvalue weighted by atomic mass is 10.1. The zero-order chi connectivity index (χ0) is 15.3. The first-order valence-corrected chi connectivity index (χ1v) is 7.27. The summed E-state index contributed by atoms with van der Waals surface area (Å²) >= 11 is 0. The first-order chi connectivity index (χ1) is 10.6. The minimum absolute atomic E-state index is 0.0147. The second kappa shape index (κ2) is 4.79. The lowest BCUT2D eigenvalue weighted by Crippen LogP contribution is -2.37. The lowest BCUT2D eigenvalue weighted by molar-refractivity contribution is -0.145. The predicted molar refractivity (Wildman–Crippen MR) is 76.1 cm³/mol. The van der Waals surface area contributed by atoms with Crippen LogP contribution in [0.25, 0.3) is 0 Å². The zero-order valence-electron chi connectivity index (χ0n) is 12.1. The van der Waals surface area contributed by atoms with Crippen LogP contribution in [0.15, 0.2) is 12.1 Å². The molecule has 0 aliphatic carbocycles. The van der Waals surface area contributed by atoms with Gasteiger partial charge in [-0.3, -0.25) is 9.59 Å². The van der Waals surface area contributed by atoms with Gasteiger partial charge in [0, 0.05) is 26.0 Å². The van der Waals surface area contributed by atoms with Crippen LogP contribution in [0.4, 0.5) is 5.69 Å². The van der Waals surface area contributed by atoms with Gasteiger partial charge in [0.15, 0.2) is 11.5 Å². The molecule has 0 radical (unpaired) electrons. The summed E-state index contributed by atoms with van der Waals surface area (Å²) in [5, 5.41) is 3.29. The molecule has 0 aromatic heterocycles. The zero-order valence-corrected chi connectivity index (χ0v) is 12.1. The van der Waals surface area contributed by atoms with Gasteiger partial charge in [-0.1, -0.05) is 0 Å². The van der Waals surface area contributed by atoms with E-state index in [2.05, 4.69) is 5.32 Å². The van der Waals surface area contributed by atoms with Crippen LogP contribution in [-0.2, 0) is 9.53 Å². The fourth-order valence-electron chi connectivity index (χ4n) is 3.28. The molecule has 116 valence electrons. The third-order valence-electron chi connectivity index (χ3n) is 4.24. The standard InChI is InChI=1S/C15H16N2O5/c1-8(18)22-10-2-9-5-16-12-4-14-13(20-7-21-14)3-11(12)15(19)17(9)6-10/h3-4,9-10,16H,2,5-7H2,1H3/t9-,10+/m0/s1. The van der Waals surface area contributed by atoms with Gasteiger partial charge in [-0.2, -0.15) is 0 Å². The maximum Gasteiger partial charge on any atom is 0.302 e. The van der Waals surface area contributed by atoms with Crippen LogP contribution in [0.3, 0.4) is 0 Å². The van der Waals surface area contributed by atoms with Gasteiger partial charge in [-0.15, -0.1) is 0 Å². The summed E-state index contributed by atoms with van der Waals surface area (Å²) in [6.45, 7) is 2.61. The highest BCUT2D eigenvalue weighted by atomic mass is 16.7. The van der Waals surface area contributed by atoms with Crippen LogP contribution >= 0.6 is 0 Å². The van der Waals surface area contributed by atoms with Crippen molar-refractivity contribution in [1.29, 1.82) is 0 Å². The molecule has 1 aromatic carbocycles. The lowest BCUT2D eigenvalue weighted by Gasteiger charge is -2.20. The monoisotopic (exact) mass is 304 g/mol. The van der Waals surface area contributed by atoms with Crippen LogP contribution in [0, 0.1) is 0 Å². The van der Waals surface area contributed by atoms with Crippen molar-refractivity contribution in [3.8, 4) is 11.5 Å². The van der Waals surface area contributed by atoms with Crippen LogP contribution < -0.4 is 14.8 Å². The molecule has 1 amide bonds. The highest BCUT2D eigenvalue weighted by molar-refractivity contribution is 6.01. The molecule has 0 saturated carbocycles. The first-order valence-electron chi connectivity index (χ1n) is 7.27. The van der Waals surface area contributed by atoms with E-state index in [-0.39, 0.29) is 30.8 Å². The summed E-state index contributed by atoms with van der Waals surface area (Å²) in [6, 6.07) is 3.54. The molecule has 1 aromatic rings. The van der Waals surface area contributed by atoms with Crippen molar-refractivity contribution in [2.75, 3.05) is 25.2 Å². The van der Waals surface area contributed by atoms with Crippen molar-refractivity contribution in [2.45, 2.75) is 25.5 Å². The molecule has 7 nitrogen and oxygen atoms in total. The molecule has 0 unspecified atom stereocenters. The molecule has 4 rings (SSSR count). The molecule has 0 spiro atoms. The summed E-state index contributed by atoms with van der Waals surface area (Å²) in [5.74, 6) is 0.853. The van der Waals surface area contributed by atoms with E-state index < -0.39 is 0 Å². The predicted octanol–water partition coefficient (Wildman–Crippen LogP) is 0.987. The number of carbonyl (C=O) groups is 2. The van der Waals surface area contributed by atoms with E-state index in [1.807, 2.05) is 0 Å². The Hall–Kier alpha value is -2.44. The molecular weight excluding hydrogens is 288 g/mol. The minimum Gasteiger partial charge on any atom is -0.461 e. The van der Waals surface area contributed by atoms with Crippen molar-refractivity contribution in [2.24, 2.45) is 0 Å². The average molecular weight is 304 g/mol. The molecule has 3 heterocycles. The first kappa shape index (κ1) is 13.2. The summed E-state index contributed by atoms with van der Waals surface area (Å²) < 4.78 is 15.9. The Balaban J connectivity index is 1.64. The van der Waals surface area contributed by atoms with Gasteiger partial charge in [-0.05, 0) is 6.07 Å². The number of carbonyl (C=O) groups excluding carboxylic acids is 2. The molecule has 1 N–H and O–H groups in total. The number of hydrogen-bond acceptors (Lipinski definition) is 6. The SMILES string of the molecule is CC(=O)O[C@@H]1C[C@H]2CNc3cc4c(cc3C(=O)N2C1)OCO4. The van der Waals surface area contributed by atoms with Gasteiger partial charge in [0.2, 0.25) is 6.79 Å². The maximum atomic E-state index is 12.8. The third kappa shape index (κ3) is 2.04. The Kier molecular flexibility index (Phi) is 2.88. The van der Waals surface area contributed by atoms with Crippen LogP contribution in [0.5, 0.6) is 11.5 Å². The second-order valence-electron chi connectivity index (χ2n) is 5.71. The van der Waals surface area contributed by atoms with Crippen molar-refractivity contribution < 1.29 is 23.8 Å². The molecule has 2 atom stereocenters. The van der Waals surface area contributed by atoms with Gasteiger partial charge in [0.25, 0.3) is 5.91 Å². The largest absolute Gasteiger partial charge is 0.461 e. The van der Waals surface area contributed by atoms with Crippen LogP contribution in [-0.4, -0.2) is 48.8 Å². The minimum atomic E-state index is -0.313. The van der Waals surface area contributed by atoms with E-state index in [0.29, 0.717) is 36.6 Å². The quantitative estimate of drug-likeness (QED) is 0.780. The van der Waals surface area contributed by atoms with Gasteiger partial charge in [0.1, 0.15) is 6.10 Å². The summed E-state index contributed by atoms with van der Waals surface area (Å²) in [7, 11) is 0. The molecule has 3 aliphatic rings. The topological polar surface area (TPSA) is 77.1 Å².